The summed E-state index contributed by atoms with van der Waals surface area (Å²) in [6, 6.07) is 3.27. The van der Waals surface area contributed by atoms with Gasteiger partial charge in [-0.3, -0.25) is 4.79 Å². The van der Waals surface area contributed by atoms with Gasteiger partial charge in [0.2, 0.25) is 0 Å². The first-order valence-electron chi connectivity index (χ1n) is 4.99. The number of carbonyl (C=O) groups is 1. The van der Waals surface area contributed by atoms with Gasteiger partial charge < -0.3 is 19.6 Å². The maximum Gasteiger partial charge on any atom is 0.287 e. The number of methoxy groups -OCH3 is 1. The fourth-order valence-corrected chi connectivity index (χ4v) is 1.13. The highest BCUT2D eigenvalue weighted by molar-refractivity contribution is 5.91. The molecule has 0 aliphatic carbocycles. The first-order valence-corrected chi connectivity index (χ1v) is 4.99. The molecule has 90 valence electrons. The van der Waals surface area contributed by atoms with Crippen LogP contribution in [0.5, 0.6) is 0 Å². The topological polar surface area (TPSA) is 71.7 Å². The molecule has 0 unspecified atom stereocenters. The Hall–Kier alpha value is -1.33. The Balaban J connectivity index is 2.66. The lowest BCUT2D eigenvalue weighted by Gasteiger charge is -2.22. The number of nitrogens with one attached hydrogen (secondary N) is 1. The third-order valence-electron chi connectivity index (χ3n) is 2.02. The van der Waals surface area contributed by atoms with Crippen LogP contribution in [0.2, 0.25) is 0 Å². The molecule has 0 aliphatic heterocycles. The third kappa shape index (κ3) is 3.36. The minimum absolute atomic E-state index is 0.135. The molecule has 1 aromatic heterocycles. The molecular formula is C11H17NO4. The summed E-state index contributed by atoms with van der Waals surface area (Å²) in [4.78, 5) is 11.7. The standard InChI is InChI=1S/C11H17NO4/c1-11(2,7-13)12-10(14)9-5-4-8(16-9)6-15-3/h4-5,13H,6-7H2,1-3H3,(H,12,14). The van der Waals surface area contributed by atoms with E-state index >= 15 is 0 Å². The van der Waals surface area contributed by atoms with E-state index in [1.807, 2.05) is 0 Å². The van der Waals surface area contributed by atoms with Crippen LogP contribution in [0.3, 0.4) is 0 Å². The molecule has 1 rings (SSSR count). The Bertz CT molecular complexity index is 357. The summed E-state index contributed by atoms with van der Waals surface area (Å²) >= 11 is 0. The minimum atomic E-state index is -0.661. The van der Waals surface area contributed by atoms with Gasteiger partial charge in [-0.2, -0.15) is 0 Å². The molecule has 0 aromatic carbocycles. The highest BCUT2D eigenvalue weighted by atomic mass is 16.5. The van der Waals surface area contributed by atoms with Crippen molar-refractivity contribution in [2.24, 2.45) is 0 Å². The number of aliphatic hydroxyl groups excluding tert-OH is 1. The smallest absolute Gasteiger partial charge is 0.287 e. The van der Waals surface area contributed by atoms with Crippen LogP contribution >= 0.6 is 0 Å². The van der Waals surface area contributed by atoms with Crippen molar-refractivity contribution in [3.05, 3.63) is 23.7 Å². The molecular weight excluding hydrogens is 210 g/mol. The predicted octanol–water partition coefficient (Wildman–Crippen LogP) is 0.927. The monoisotopic (exact) mass is 227 g/mol. The van der Waals surface area contributed by atoms with E-state index in [4.69, 9.17) is 14.3 Å². The fourth-order valence-electron chi connectivity index (χ4n) is 1.13. The number of ether oxygens (including phenoxy) is 1. The molecule has 0 bridgehead atoms. The van der Waals surface area contributed by atoms with Gasteiger partial charge in [0, 0.05) is 7.11 Å². The summed E-state index contributed by atoms with van der Waals surface area (Å²) in [7, 11) is 1.55. The van der Waals surface area contributed by atoms with E-state index < -0.39 is 5.54 Å². The molecule has 0 atom stereocenters. The first kappa shape index (κ1) is 12.7. The van der Waals surface area contributed by atoms with Gasteiger partial charge in [-0.1, -0.05) is 0 Å². The van der Waals surface area contributed by atoms with Crippen molar-refractivity contribution < 1.29 is 19.1 Å². The van der Waals surface area contributed by atoms with E-state index in [9.17, 15) is 4.79 Å². The third-order valence-corrected chi connectivity index (χ3v) is 2.02. The van der Waals surface area contributed by atoms with E-state index in [0.29, 0.717) is 12.4 Å². The number of amides is 1. The molecule has 5 heteroatoms. The van der Waals surface area contributed by atoms with Gasteiger partial charge in [0.1, 0.15) is 12.4 Å². The zero-order valence-electron chi connectivity index (χ0n) is 9.74. The minimum Gasteiger partial charge on any atom is -0.453 e. The molecule has 0 saturated carbocycles. The lowest BCUT2D eigenvalue weighted by Crippen LogP contribution is -2.46. The molecule has 5 nitrogen and oxygen atoms in total. The summed E-state index contributed by atoms with van der Waals surface area (Å²) in [5, 5.41) is 11.7. The number of carbonyl (C=O) groups excluding carboxylic acids is 1. The molecule has 0 fully saturated rings. The second-order valence-corrected chi connectivity index (χ2v) is 4.20. The van der Waals surface area contributed by atoms with Gasteiger partial charge in [-0.05, 0) is 26.0 Å². The number of aliphatic hydroxyl groups is 1. The van der Waals surface area contributed by atoms with Crippen molar-refractivity contribution in [2.45, 2.75) is 26.0 Å². The Morgan fingerprint density at radius 1 is 1.56 bits per heavy atom. The molecule has 0 radical (unpaired) electrons. The van der Waals surface area contributed by atoms with Gasteiger partial charge >= 0.3 is 0 Å². The summed E-state index contributed by atoms with van der Waals surface area (Å²) in [6.07, 6.45) is 0. The van der Waals surface area contributed by atoms with Crippen LogP contribution in [0.4, 0.5) is 0 Å². The molecule has 1 amide bonds. The zero-order valence-corrected chi connectivity index (χ0v) is 9.74. The second kappa shape index (κ2) is 5.14. The molecule has 1 heterocycles. The molecule has 1 aromatic rings. The van der Waals surface area contributed by atoms with Crippen molar-refractivity contribution in [3.63, 3.8) is 0 Å². The lowest BCUT2D eigenvalue weighted by atomic mass is 10.1. The molecule has 0 aliphatic rings. The Morgan fingerprint density at radius 3 is 2.81 bits per heavy atom. The van der Waals surface area contributed by atoms with Gasteiger partial charge in [-0.15, -0.1) is 0 Å². The SMILES string of the molecule is COCc1ccc(C(=O)NC(C)(C)CO)o1. The van der Waals surface area contributed by atoms with Crippen molar-refractivity contribution in [1.29, 1.82) is 0 Å². The number of hydrogen-bond donors (Lipinski definition) is 2. The normalized spacial score (nSPS) is 11.5. The van der Waals surface area contributed by atoms with Gasteiger partial charge in [-0.25, -0.2) is 0 Å². The summed E-state index contributed by atoms with van der Waals surface area (Å²) in [6.45, 7) is 3.65. The summed E-state index contributed by atoms with van der Waals surface area (Å²) in [5.74, 6) is 0.462. The lowest BCUT2D eigenvalue weighted by molar-refractivity contribution is 0.0833. The van der Waals surface area contributed by atoms with Crippen molar-refractivity contribution in [1.82, 2.24) is 5.32 Å². The van der Waals surface area contributed by atoms with E-state index in [1.54, 1.807) is 33.1 Å². The van der Waals surface area contributed by atoms with Crippen LogP contribution in [0, 0.1) is 0 Å². The van der Waals surface area contributed by atoms with Gasteiger partial charge in [0.15, 0.2) is 5.76 Å². The fraction of sp³-hybridized carbons (Fsp3) is 0.545. The van der Waals surface area contributed by atoms with E-state index in [2.05, 4.69) is 5.32 Å². The maximum absolute atomic E-state index is 11.7. The highest BCUT2D eigenvalue weighted by Crippen LogP contribution is 2.10. The quantitative estimate of drug-likeness (QED) is 0.784. The molecule has 2 N–H and O–H groups in total. The highest BCUT2D eigenvalue weighted by Gasteiger charge is 2.21. The van der Waals surface area contributed by atoms with Crippen LogP contribution < -0.4 is 5.32 Å². The number of rotatable bonds is 5. The summed E-state index contributed by atoms with van der Waals surface area (Å²) < 4.78 is 10.1. The number of hydrogen-bond acceptors (Lipinski definition) is 4. The maximum atomic E-state index is 11.7. The number of furan rings is 1. The molecule has 0 saturated heterocycles. The Kier molecular flexibility index (Phi) is 4.09. The largest absolute Gasteiger partial charge is 0.453 e. The van der Waals surface area contributed by atoms with Gasteiger partial charge in [0.25, 0.3) is 5.91 Å². The molecule has 0 spiro atoms. The van der Waals surface area contributed by atoms with Crippen LogP contribution in [0.1, 0.15) is 30.2 Å². The van der Waals surface area contributed by atoms with Crippen molar-refractivity contribution in [3.8, 4) is 0 Å². The van der Waals surface area contributed by atoms with Gasteiger partial charge in [0.05, 0.1) is 12.1 Å². The average Bonchev–Trinajstić information content (AvgIpc) is 2.66. The average molecular weight is 227 g/mol. The second-order valence-electron chi connectivity index (χ2n) is 4.20. The molecule has 16 heavy (non-hydrogen) atoms. The van der Waals surface area contributed by atoms with Crippen LogP contribution in [-0.2, 0) is 11.3 Å². The van der Waals surface area contributed by atoms with Crippen LogP contribution in [0.15, 0.2) is 16.5 Å². The van der Waals surface area contributed by atoms with E-state index in [1.165, 1.54) is 0 Å². The van der Waals surface area contributed by atoms with E-state index in [-0.39, 0.29) is 18.3 Å². The summed E-state index contributed by atoms with van der Waals surface area (Å²) in [5.41, 5.74) is -0.661. The first-order chi connectivity index (χ1) is 7.48. The van der Waals surface area contributed by atoms with Crippen molar-refractivity contribution in [2.75, 3.05) is 13.7 Å². The predicted molar refractivity (Wildman–Crippen MR) is 58.1 cm³/mol. The van der Waals surface area contributed by atoms with E-state index in [0.717, 1.165) is 0 Å². The van der Waals surface area contributed by atoms with Crippen LogP contribution in [0.25, 0.3) is 0 Å². The Labute approximate surface area is 94.4 Å². The van der Waals surface area contributed by atoms with Crippen molar-refractivity contribution >= 4 is 5.91 Å². The van der Waals surface area contributed by atoms with Crippen LogP contribution in [-0.4, -0.2) is 30.3 Å². The Morgan fingerprint density at radius 2 is 2.25 bits per heavy atom. The zero-order chi connectivity index (χ0) is 12.2.